The zero-order valence-electron chi connectivity index (χ0n) is 12.5. The van der Waals surface area contributed by atoms with Crippen LogP contribution in [0, 0.1) is 11.3 Å². The van der Waals surface area contributed by atoms with Crippen LogP contribution in [-0.4, -0.2) is 25.0 Å². The molecule has 0 aromatic carbocycles. The second kappa shape index (κ2) is 7.13. The lowest BCUT2D eigenvalue weighted by Gasteiger charge is -2.37. The molecule has 0 aromatic rings. The number of hydrogen-bond donors (Lipinski definition) is 2. The Hall–Kier alpha value is -0.570. The van der Waals surface area contributed by atoms with Crippen LogP contribution in [-0.2, 0) is 4.79 Å². The zero-order chi connectivity index (χ0) is 13.6. The summed E-state index contributed by atoms with van der Waals surface area (Å²) in [5.41, 5.74) is -0.155. The van der Waals surface area contributed by atoms with Crippen molar-refractivity contribution < 1.29 is 4.79 Å². The van der Waals surface area contributed by atoms with E-state index in [0.29, 0.717) is 5.92 Å². The standard InChI is InChI=1S/C15H30N2O/c1-5-7-15(8-6-9-16-11-15)14(18)17-13(4)10-12(2)3/h12-13,16H,5-11H2,1-4H3,(H,17,18). The quantitative estimate of drug-likeness (QED) is 0.765. The molecule has 2 N–H and O–H groups in total. The molecule has 1 aliphatic heterocycles. The van der Waals surface area contributed by atoms with Gasteiger partial charge in [-0.25, -0.2) is 0 Å². The van der Waals surface area contributed by atoms with Crippen molar-refractivity contribution in [1.82, 2.24) is 10.6 Å². The van der Waals surface area contributed by atoms with Crippen molar-refractivity contribution in [2.45, 2.75) is 65.8 Å². The van der Waals surface area contributed by atoms with Crippen molar-refractivity contribution in [1.29, 1.82) is 0 Å². The maximum Gasteiger partial charge on any atom is 0.227 e. The first kappa shape index (κ1) is 15.5. The summed E-state index contributed by atoms with van der Waals surface area (Å²) in [6.45, 7) is 10.6. The first-order valence-electron chi connectivity index (χ1n) is 7.52. The second-order valence-electron chi connectivity index (χ2n) is 6.31. The zero-order valence-corrected chi connectivity index (χ0v) is 12.5. The molecule has 106 valence electrons. The molecule has 1 fully saturated rings. The van der Waals surface area contributed by atoms with Crippen LogP contribution in [0.2, 0.25) is 0 Å². The maximum absolute atomic E-state index is 12.6. The van der Waals surface area contributed by atoms with Crippen molar-refractivity contribution in [3.8, 4) is 0 Å². The lowest BCUT2D eigenvalue weighted by molar-refractivity contribution is -0.133. The van der Waals surface area contributed by atoms with Gasteiger partial charge in [-0.2, -0.15) is 0 Å². The van der Waals surface area contributed by atoms with Crippen LogP contribution in [0.15, 0.2) is 0 Å². The maximum atomic E-state index is 12.6. The molecule has 0 aliphatic carbocycles. The summed E-state index contributed by atoms with van der Waals surface area (Å²) in [6.07, 6.45) is 5.29. The summed E-state index contributed by atoms with van der Waals surface area (Å²) in [5.74, 6) is 0.900. The Balaban J connectivity index is 2.59. The molecule has 18 heavy (non-hydrogen) atoms. The summed E-state index contributed by atoms with van der Waals surface area (Å²) >= 11 is 0. The average molecular weight is 254 g/mol. The third-order valence-corrected chi connectivity index (χ3v) is 3.88. The molecule has 3 heteroatoms. The Bertz CT molecular complexity index is 252. The Morgan fingerprint density at radius 3 is 2.61 bits per heavy atom. The molecule has 0 spiro atoms. The lowest BCUT2D eigenvalue weighted by Crippen LogP contribution is -2.52. The number of hydrogen-bond acceptors (Lipinski definition) is 2. The third kappa shape index (κ3) is 4.27. The minimum atomic E-state index is -0.155. The first-order valence-corrected chi connectivity index (χ1v) is 7.52. The van der Waals surface area contributed by atoms with Crippen LogP contribution < -0.4 is 10.6 Å². The molecular weight excluding hydrogens is 224 g/mol. The van der Waals surface area contributed by atoms with E-state index in [-0.39, 0.29) is 17.4 Å². The van der Waals surface area contributed by atoms with Gasteiger partial charge in [0.25, 0.3) is 0 Å². The van der Waals surface area contributed by atoms with E-state index in [9.17, 15) is 4.79 Å². The van der Waals surface area contributed by atoms with E-state index in [1.54, 1.807) is 0 Å². The van der Waals surface area contributed by atoms with Crippen molar-refractivity contribution >= 4 is 5.91 Å². The van der Waals surface area contributed by atoms with Crippen LogP contribution in [0.3, 0.4) is 0 Å². The predicted octanol–water partition coefficient (Wildman–Crippen LogP) is 2.71. The Labute approximate surface area is 112 Å². The van der Waals surface area contributed by atoms with E-state index in [2.05, 4.69) is 38.3 Å². The molecule has 3 nitrogen and oxygen atoms in total. The fourth-order valence-electron chi connectivity index (χ4n) is 3.11. The predicted molar refractivity (Wildman–Crippen MR) is 76.5 cm³/mol. The van der Waals surface area contributed by atoms with Gasteiger partial charge in [-0.05, 0) is 45.1 Å². The van der Waals surface area contributed by atoms with Crippen molar-refractivity contribution in [2.75, 3.05) is 13.1 Å². The summed E-state index contributed by atoms with van der Waals surface area (Å²) in [5, 5.41) is 6.62. The molecule has 1 heterocycles. The van der Waals surface area contributed by atoms with Gasteiger partial charge in [0.05, 0.1) is 5.41 Å². The minimum Gasteiger partial charge on any atom is -0.353 e. The van der Waals surface area contributed by atoms with Gasteiger partial charge in [0, 0.05) is 12.6 Å². The van der Waals surface area contributed by atoms with Gasteiger partial charge in [0.2, 0.25) is 5.91 Å². The molecule has 2 unspecified atom stereocenters. The summed E-state index contributed by atoms with van der Waals surface area (Å²) < 4.78 is 0. The number of rotatable bonds is 6. The molecule has 0 aromatic heterocycles. The van der Waals surface area contributed by atoms with Crippen LogP contribution >= 0.6 is 0 Å². The number of piperidine rings is 1. The van der Waals surface area contributed by atoms with Crippen molar-refractivity contribution in [3.05, 3.63) is 0 Å². The highest BCUT2D eigenvalue weighted by atomic mass is 16.2. The number of nitrogens with one attached hydrogen (secondary N) is 2. The largest absolute Gasteiger partial charge is 0.353 e. The van der Waals surface area contributed by atoms with Gasteiger partial charge in [-0.1, -0.05) is 27.2 Å². The monoisotopic (exact) mass is 254 g/mol. The van der Waals surface area contributed by atoms with Crippen LogP contribution in [0.4, 0.5) is 0 Å². The highest BCUT2D eigenvalue weighted by Gasteiger charge is 2.38. The van der Waals surface area contributed by atoms with Gasteiger partial charge in [-0.15, -0.1) is 0 Å². The first-order chi connectivity index (χ1) is 8.50. The SMILES string of the molecule is CCCC1(C(=O)NC(C)CC(C)C)CCCNC1. The van der Waals surface area contributed by atoms with Gasteiger partial charge in [-0.3, -0.25) is 4.79 Å². The average Bonchev–Trinajstić information content (AvgIpc) is 2.29. The Morgan fingerprint density at radius 2 is 2.11 bits per heavy atom. The van der Waals surface area contributed by atoms with Gasteiger partial charge in [0.15, 0.2) is 0 Å². The second-order valence-corrected chi connectivity index (χ2v) is 6.31. The highest BCUT2D eigenvalue weighted by Crippen LogP contribution is 2.32. The summed E-state index contributed by atoms with van der Waals surface area (Å²) in [6, 6.07) is 0.285. The molecule has 1 rings (SSSR count). The number of carbonyl (C=O) groups is 1. The summed E-state index contributed by atoms with van der Waals surface area (Å²) in [4.78, 5) is 12.6. The smallest absolute Gasteiger partial charge is 0.227 e. The minimum absolute atomic E-state index is 0.155. The molecule has 0 bridgehead atoms. The molecular formula is C15H30N2O. The normalized spacial score (nSPS) is 26.1. The van der Waals surface area contributed by atoms with Crippen molar-refractivity contribution in [3.63, 3.8) is 0 Å². The highest BCUT2D eigenvalue weighted by molar-refractivity contribution is 5.83. The molecule has 0 saturated carbocycles. The van der Waals surface area contributed by atoms with E-state index in [1.165, 1.54) is 0 Å². The number of amides is 1. The van der Waals surface area contributed by atoms with Gasteiger partial charge < -0.3 is 10.6 Å². The molecule has 1 aliphatic rings. The van der Waals surface area contributed by atoms with Gasteiger partial charge >= 0.3 is 0 Å². The Morgan fingerprint density at radius 1 is 1.39 bits per heavy atom. The van der Waals surface area contributed by atoms with Crippen LogP contribution in [0.25, 0.3) is 0 Å². The molecule has 2 atom stereocenters. The van der Waals surface area contributed by atoms with E-state index in [0.717, 1.165) is 45.2 Å². The van der Waals surface area contributed by atoms with Crippen LogP contribution in [0.5, 0.6) is 0 Å². The van der Waals surface area contributed by atoms with Crippen molar-refractivity contribution in [2.24, 2.45) is 11.3 Å². The molecule has 0 radical (unpaired) electrons. The molecule has 1 saturated heterocycles. The fourth-order valence-corrected chi connectivity index (χ4v) is 3.11. The number of carbonyl (C=O) groups excluding carboxylic acids is 1. The fraction of sp³-hybridized carbons (Fsp3) is 0.933. The van der Waals surface area contributed by atoms with E-state index in [1.807, 2.05) is 0 Å². The van der Waals surface area contributed by atoms with E-state index >= 15 is 0 Å². The van der Waals surface area contributed by atoms with Gasteiger partial charge in [0.1, 0.15) is 0 Å². The molecule has 1 amide bonds. The van der Waals surface area contributed by atoms with Crippen LogP contribution in [0.1, 0.15) is 59.8 Å². The topological polar surface area (TPSA) is 41.1 Å². The summed E-state index contributed by atoms with van der Waals surface area (Å²) in [7, 11) is 0. The lowest BCUT2D eigenvalue weighted by atomic mass is 9.76. The van der Waals surface area contributed by atoms with E-state index in [4.69, 9.17) is 0 Å². The Kier molecular flexibility index (Phi) is 6.13. The van der Waals surface area contributed by atoms with E-state index < -0.39 is 0 Å². The third-order valence-electron chi connectivity index (χ3n) is 3.88.